The number of aliphatic hydroxyl groups excluding tert-OH is 1. The zero-order valence-corrected chi connectivity index (χ0v) is 16.0. The average molecular weight is 459 g/mol. The molecule has 1 aliphatic heterocycles. The molecule has 166 valence electrons. The molecule has 3 N–H and O–H groups in total. The Labute approximate surface area is 171 Å². The van der Waals surface area contributed by atoms with Crippen LogP contribution in [0.4, 0.5) is 31.1 Å². The Balaban J connectivity index is 1.72. The zero-order chi connectivity index (χ0) is 22.3. The van der Waals surface area contributed by atoms with Crippen molar-refractivity contribution < 1.29 is 36.2 Å². The summed E-state index contributed by atoms with van der Waals surface area (Å²) in [4.78, 5) is 12.7. The molecule has 0 saturated carbocycles. The highest BCUT2D eigenvalue weighted by atomic mass is 35.5. The number of aliphatic hydroxyl groups is 1. The van der Waals surface area contributed by atoms with Crippen LogP contribution in [0.5, 0.6) is 0 Å². The number of hydrogen-bond donors (Lipinski definition) is 3. The van der Waals surface area contributed by atoms with Crippen molar-refractivity contribution in [2.24, 2.45) is 5.92 Å². The number of aromatic amines is 1. The normalized spacial score (nSPS) is 17.4. The molecule has 2 heterocycles. The monoisotopic (exact) mass is 458 g/mol. The fraction of sp³-hybridized carbons (Fsp3) is 0.529. The van der Waals surface area contributed by atoms with Crippen molar-refractivity contribution in [2.45, 2.75) is 31.0 Å². The summed E-state index contributed by atoms with van der Waals surface area (Å²) in [6.45, 7) is -2.02. The highest BCUT2D eigenvalue weighted by Crippen LogP contribution is 2.45. The molecule has 1 fully saturated rings. The van der Waals surface area contributed by atoms with Crippen LogP contribution in [-0.4, -0.2) is 58.0 Å². The van der Waals surface area contributed by atoms with E-state index in [2.05, 4.69) is 10.2 Å². The Bertz CT molecular complexity index is 927. The highest BCUT2D eigenvalue weighted by Gasteiger charge is 2.50. The van der Waals surface area contributed by atoms with E-state index in [1.54, 1.807) is 5.32 Å². The number of rotatable bonds is 4. The van der Waals surface area contributed by atoms with Gasteiger partial charge in [-0.3, -0.25) is 5.10 Å². The van der Waals surface area contributed by atoms with Crippen molar-refractivity contribution in [1.82, 2.24) is 20.4 Å². The number of hydrogen-bond acceptors (Lipinski definition) is 3. The minimum Gasteiger partial charge on any atom is -0.382 e. The van der Waals surface area contributed by atoms with Crippen LogP contribution in [-0.2, 0) is 0 Å². The number of alkyl halides is 5. The molecule has 13 heteroatoms. The molecule has 6 nitrogen and oxygen atoms in total. The number of fused-ring (bicyclic) bond motifs is 1. The number of benzene rings is 1. The molecule has 1 aromatic heterocycles. The number of aromatic nitrogens is 2. The Morgan fingerprint density at radius 1 is 1.33 bits per heavy atom. The summed E-state index contributed by atoms with van der Waals surface area (Å²) in [6.07, 6.45) is -6.48. The summed E-state index contributed by atoms with van der Waals surface area (Å²) in [5.41, 5.74) is -0.835. The number of likely N-dealkylation sites (tertiary alicyclic amines) is 1. The minimum atomic E-state index is -4.59. The largest absolute Gasteiger partial charge is 0.405 e. The third-order valence-electron chi connectivity index (χ3n) is 5.07. The Hall–Kier alpha value is -2.21. The van der Waals surface area contributed by atoms with E-state index in [1.165, 1.54) is 12.3 Å². The van der Waals surface area contributed by atoms with Crippen LogP contribution < -0.4 is 5.32 Å². The minimum absolute atomic E-state index is 0.118. The summed E-state index contributed by atoms with van der Waals surface area (Å²) in [5, 5.41) is 17.8. The fourth-order valence-electron chi connectivity index (χ4n) is 3.49. The number of halogens is 7. The van der Waals surface area contributed by atoms with Crippen LogP contribution in [0.25, 0.3) is 10.9 Å². The summed E-state index contributed by atoms with van der Waals surface area (Å²) in [7, 11) is 0. The third-order valence-corrected chi connectivity index (χ3v) is 5.35. The summed E-state index contributed by atoms with van der Waals surface area (Å²) in [6, 6.07) is 0.164. The first-order valence-electron chi connectivity index (χ1n) is 8.88. The predicted octanol–water partition coefficient (Wildman–Crippen LogP) is 4.01. The molecule has 0 spiro atoms. The molecular weight excluding hydrogens is 442 g/mol. The Morgan fingerprint density at radius 2 is 1.97 bits per heavy atom. The summed E-state index contributed by atoms with van der Waals surface area (Å²) in [5.74, 6) is -6.43. The van der Waals surface area contributed by atoms with Crippen molar-refractivity contribution in [3.05, 3.63) is 28.7 Å². The van der Waals surface area contributed by atoms with E-state index < -0.39 is 53.1 Å². The van der Waals surface area contributed by atoms with Crippen molar-refractivity contribution >= 4 is 28.5 Å². The lowest BCUT2D eigenvalue weighted by atomic mass is 9.84. The van der Waals surface area contributed by atoms with E-state index in [-0.39, 0.29) is 36.8 Å². The van der Waals surface area contributed by atoms with Gasteiger partial charge in [0.05, 0.1) is 16.7 Å². The van der Waals surface area contributed by atoms with Crippen LogP contribution in [0, 0.1) is 11.7 Å². The van der Waals surface area contributed by atoms with E-state index in [9.17, 15) is 27.5 Å². The lowest BCUT2D eigenvalue weighted by Crippen LogP contribution is -2.49. The molecule has 2 amide bonds. The fourth-order valence-corrected chi connectivity index (χ4v) is 3.71. The standard InChI is InChI=1S/C17H17ClF6N4O2/c18-10-5-8-6-26-27-13(8)11(12(10)19)14(29)17(23,24)9-1-3-28(4-2-9)15(30)25-7-16(20,21)22/h5-6,9,14,29H,1-4,7H2,(H,25,30)(H,26,27). The van der Waals surface area contributed by atoms with E-state index >= 15 is 8.78 Å². The smallest absolute Gasteiger partial charge is 0.382 e. The Kier molecular flexibility index (Phi) is 6.10. The first kappa shape index (κ1) is 22.5. The highest BCUT2D eigenvalue weighted by molar-refractivity contribution is 6.31. The molecule has 0 aliphatic carbocycles. The molecular formula is C17H17ClF6N4O2. The molecule has 1 atom stereocenters. The summed E-state index contributed by atoms with van der Waals surface area (Å²) >= 11 is 5.74. The number of carbonyl (C=O) groups is 1. The van der Waals surface area contributed by atoms with Crippen LogP contribution in [0.3, 0.4) is 0 Å². The molecule has 1 aliphatic rings. The molecule has 1 aromatic carbocycles. The number of H-pyrrole nitrogens is 1. The van der Waals surface area contributed by atoms with Gasteiger partial charge in [-0.05, 0) is 18.9 Å². The number of carbonyl (C=O) groups excluding carboxylic acids is 1. The van der Waals surface area contributed by atoms with Crippen LogP contribution >= 0.6 is 11.6 Å². The number of nitrogens with zero attached hydrogens (tertiary/aromatic N) is 2. The van der Waals surface area contributed by atoms with Crippen LogP contribution in [0.1, 0.15) is 24.5 Å². The van der Waals surface area contributed by atoms with Gasteiger partial charge in [0.1, 0.15) is 18.5 Å². The van der Waals surface area contributed by atoms with E-state index in [0.717, 1.165) is 4.90 Å². The first-order chi connectivity index (χ1) is 13.9. The number of piperidine rings is 1. The van der Waals surface area contributed by atoms with Gasteiger partial charge in [-0.15, -0.1) is 0 Å². The van der Waals surface area contributed by atoms with E-state index in [0.29, 0.717) is 0 Å². The molecule has 1 unspecified atom stereocenters. The van der Waals surface area contributed by atoms with Gasteiger partial charge in [0.15, 0.2) is 0 Å². The lowest BCUT2D eigenvalue weighted by molar-refractivity contribution is -0.160. The van der Waals surface area contributed by atoms with Gasteiger partial charge in [-0.2, -0.15) is 18.3 Å². The molecule has 30 heavy (non-hydrogen) atoms. The summed E-state index contributed by atoms with van der Waals surface area (Å²) < 4.78 is 81.1. The van der Waals surface area contributed by atoms with E-state index in [4.69, 9.17) is 11.6 Å². The van der Waals surface area contributed by atoms with Gasteiger partial charge in [-0.25, -0.2) is 18.0 Å². The molecule has 3 rings (SSSR count). The van der Waals surface area contributed by atoms with Gasteiger partial charge in [0.25, 0.3) is 5.92 Å². The van der Waals surface area contributed by atoms with Gasteiger partial charge in [-0.1, -0.05) is 11.6 Å². The predicted molar refractivity (Wildman–Crippen MR) is 94.7 cm³/mol. The van der Waals surface area contributed by atoms with Crippen molar-refractivity contribution in [3.63, 3.8) is 0 Å². The van der Waals surface area contributed by atoms with Crippen LogP contribution in [0.15, 0.2) is 12.3 Å². The van der Waals surface area contributed by atoms with Gasteiger partial charge in [0, 0.05) is 30.0 Å². The molecule has 1 saturated heterocycles. The topological polar surface area (TPSA) is 81.2 Å². The second-order valence-corrected chi connectivity index (χ2v) is 7.44. The zero-order valence-electron chi connectivity index (χ0n) is 15.2. The molecule has 0 radical (unpaired) electrons. The van der Waals surface area contributed by atoms with Crippen molar-refractivity contribution in [1.29, 1.82) is 0 Å². The maximum atomic E-state index is 15.0. The maximum Gasteiger partial charge on any atom is 0.405 e. The number of urea groups is 1. The van der Waals surface area contributed by atoms with Crippen molar-refractivity contribution in [3.8, 4) is 0 Å². The number of amides is 2. The molecule has 2 aromatic rings. The second kappa shape index (κ2) is 8.14. The number of nitrogens with one attached hydrogen (secondary N) is 2. The molecule has 0 bridgehead atoms. The Morgan fingerprint density at radius 3 is 2.57 bits per heavy atom. The lowest BCUT2D eigenvalue weighted by Gasteiger charge is -2.37. The van der Waals surface area contributed by atoms with Crippen LogP contribution in [0.2, 0.25) is 5.02 Å². The second-order valence-electron chi connectivity index (χ2n) is 7.03. The SMILES string of the molecule is O=C(NCC(F)(F)F)N1CCC(C(F)(F)C(O)c2c(F)c(Cl)cc3cn[nH]c23)CC1. The van der Waals surface area contributed by atoms with Gasteiger partial charge >= 0.3 is 12.2 Å². The quantitative estimate of drug-likeness (QED) is 0.606. The average Bonchev–Trinajstić information content (AvgIpc) is 3.13. The third kappa shape index (κ3) is 4.43. The maximum absolute atomic E-state index is 15.0. The van der Waals surface area contributed by atoms with E-state index in [1.807, 2.05) is 0 Å². The first-order valence-corrected chi connectivity index (χ1v) is 9.26. The van der Waals surface area contributed by atoms with Crippen molar-refractivity contribution in [2.75, 3.05) is 19.6 Å². The van der Waals surface area contributed by atoms with Gasteiger partial charge in [0.2, 0.25) is 0 Å². The van der Waals surface area contributed by atoms with Gasteiger partial charge < -0.3 is 15.3 Å².